The normalized spacial score (nSPS) is 14.5. The Morgan fingerprint density at radius 3 is 2.35 bits per heavy atom. The number of methoxy groups -OCH3 is 2. The van der Waals surface area contributed by atoms with Crippen LogP contribution in [0, 0.1) is 5.82 Å². The Balaban J connectivity index is 0.00000500. The summed E-state index contributed by atoms with van der Waals surface area (Å²) in [5.74, 6) is 0.444. The first-order valence-corrected chi connectivity index (χ1v) is 15.0. The molecule has 2 atom stereocenters. The minimum absolute atomic E-state index is 0. The van der Waals surface area contributed by atoms with Gasteiger partial charge < -0.3 is 30.4 Å². The minimum atomic E-state index is -0.876. The van der Waals surface area contributed by atoms with E-state index in [0.717, 1.165) is 0 Å². The fraction of sp³-hybridized carbons (Fsp3) is 0.312. The molecule has 1 unspecified atom stereocenters. The lowest BCUT2D eigenvalue weighted by Gasteiger charge is -2.39. The fourth-order valence-corrected chi connectivity index (χ4v) is 5.60. The molecule has 1 fully saturated rings. The second kappa shape index (κ2) is 13.6. The Morgan fingerprint density at radius 2 is 1.72 bits per heavy atom. The van der Waals surface area contributed by atoms with Crippen LogP contribution in [0.2, 0.25) is 5.02 Å². The first kappa shape index (κ1) is 32.5. The largest absolute Gasteiger partial charge is 0.497 e. The number of nitrogens with zero attached hydrogens (tertiary/aromatic N) is 5. The van der Waals surface area contributed by atoms with E-state index in [-0.39, 0.29) is 18.7 Å². The standard InChI is InChI=1S/C32H35ClFN7O5.H2/c1-19(35)30(42)38-13-15-39(16-14-38)41-29(37-26-11-5-21(33)17-25(26)31(41)43)20(2)40(27-12-10-24(45-3)18-28(27)46-4)32(44)36-23-8-6-22(34)7-9-23;/h5-12,17-20H,13-16,35H2,1-4H3,(H,36,44);1H/t19-,20?;/m0./s1. The lowest BCUT2D eigenvalue weighted by Crippen LogP contribution is -2.58. The van der Waals surface area contributed by atoms with E-state index in [4.69, 9.17) is 31.8 Å². The molecule has 0 aliphatic carbocycles. The predicted molar refractivity (Wildman–Crippen MR) is 177 cm³/mol. The summed E-state index contributed by atoms with van der Waals surface area (Å²) in [6, 6.07) is 13.1. The SMILES string of the molecule is COc1ccc(N(C(=O)Nc2ccc(F)cc2)C(C)c2nc3ccc(Cl)cc3c(=O)n2N2CCN(C(=O)[C@H](C)N)CC2)c(OC)c1.[HH]. The Bertz CT molecular complexity index is 1820. The van der Waals surface area contributed by atoms with Crippen molar-refractivity contribution in [3.8, 4) is 11.5 Å². The first-order chi connectivity index (χ1) is 22.0. The number of ether oxygens (including phenoxy) is 2. The summed E-state index contributed by atoms with van der Waals surface area (Å²) in [4.78, 5) is 48.9. The molecule has 0 bridgehead atoms. The predicted octanol–water partition coefficient (Wildman–Crippen LogP) is 4.38. The maximum Gasteiger partial charge on any atom is 0.327 e. The summed E-state index contributed by atoms with van der Waals surface area (Å²) >= 11 is 6.28. The Kier molecular flexibility index (Phi) is 9.63. The molecular weight excluding hydrogens is 617 g/mol. The molecular formula is C32H37ClFN7O5. The van der Waals surface area contributed by atoms with Gasteiger partial charge in [0.25, 0.3) is 5.56 Å². The van der Waals surface area contributed by atoms with Gasteiger partial charge in [-0.2, -0.15) is 0 Å². The molecule has 0 spiro atoms. The van der Waals surface area contributed by atoms with Gasteiger partial charge in [-0.3, -0.25) is 14.5 Å². The molecule has 4 aromatic rings. The highest BCUT2D eigenvalue weighted by Gasteiger charge is 2.33. The van der Waals surface area contributed by atoms with E-state index in [1.165, 1.54) is 48.1 Å². The van der Waals surface area contributed by atoms with Crippen molar-refractivity contribution in [1.29, 1.82) is 0 Å². The number of carbonyl (C=O) groups is 2. The molecule has 1 saturated heterocycles. The minimum Gasteiger partial charge on any atom is -0.497 e. The molecule has 1 aliphatic rings. The summed E-state index contributed by atoms with van der Waals surface area (Å²) in [7, 11) is 2.98. The van der Waals surface area contributed by atoms with E-state index >= 15 is 0 Å². The lowest BCUT2D eigenvalue weighted by atomic mass is 10.1. The number of anilines is 2. The molecule has 3 amide bonds. The topological polar surface area (TPSA) is 135 Å². The molecule has 0 radical (unpaired) electrons. The Labute approximate surface area is 271 Å². The fourth-order valence-electron chi connectivity index (χ4n) is 5.42. The van der Waals surface area contributed by atoms with E-state index < -0.39 is 23.9 Å². The van der Waals surface area contributed by atoms with E-state index in [2.05, 4.69) is 5.32 Å². The highest BCUT2D eigenvalue weighted by atomic mass is 35.5. The van der Waals surface area contributed by atoms with Crippen LogP contribution in [0.1, 0.15) is 27.1 Å². The monoisotopic (exact) mass is 653 g/mol. The second-order valence-electron chi connectivity index (χ2n) is 10.8. The van der Waals surface area contributed by atoms with Crippen molar-refractivity contribution >= 4 is 45.8 Å². The number of rotatable bonds is 8. The molecule has 0 saturated carbocycles. The highest BCUT2D eigenvalue weighted by Crippen LogP contribution is 2.37. The third-order valence-electron chi connectivity index (χ3n) is 7.80. The molecule has 2 heterocycles. The summed E-state index contributed by atoms with van der Waals surface area (Å²) < 4.78 is 26.1. The van der Waals surface area contributed by atoms with Gasteiger partial charge in [-0.05, 0) is 68.4 Å². The average molecular weight is 654 g/mol. The maximum absolute atomic E-state index is 14.2. The molecule has 244 valence electrons. The third kappa shape index (κ3) is 6.56. The van der Waals surface area contributed by atoms with Crippen LogP contribution in [-0.4, -0.2) is 72.9 Å². The van der Waals surface area contributed by atoms with Crippen molar-refractivity contribution in [2.75, 3.05) is 55.6 Å². The number of benzene rings is 3. The highest BCUT2D eigenvalue weighted by molar-refractivity contribution is 6.31. The molecule has 1 aromatic heterocycles. The first-order valence-electron chi connectivity index (χ1n) is 14.6. The van der Waals surface area contributed by atoms with Gasteiger partial charge in [0.1, 0.15) is 17.3 Å². The maximum atomic E-state index is 14.2. The second-order valence-corrected chi connectivity index (χ2v) is 11.3. The van der Waals surface area contributed by atoms with Gasteiger partial charge in [0.2, 0.25) is 5.91 Å². The van der Waals surface area contributed by atoms with E-state index in [1.807, 2.05) is 0 Å². The quantitative estimate of drug-likeness (QED) is 0.286. The zero-order valence-corrected chi connectivity index (χ0v) is 26.6. The van der Waals surface area contributed by atoms with Crippen LogP contribution < -0.4 is 36.0 Å². The van der Waals surface area contributed by atoms with Gasteiger partial charge in [-0.25, -0.2) is 18.8 Å². The molecule has 3 N–H and O–H groups in total. The van der Waals surface area contributed by atoms with Gasteiger partial charge in [0.15, 0.2) is 5.82 Å². The number of aromatic nitrogens is 2. The number of fused-ring (bicyclic) bond motifs is 1. The smallest absolute Gasteiger partial charge is 0.327 e. The van der Waals surface area contributed by atoms with Gasteiger partial charge in [0.05, 0.1) is 56.0 Å². The molecule has 3 aromatic carbocycles. The Hall–Kier alpha value is -4.88. The summed E-state index contributed by atoms with van der Waals surface area (Å²) in [6.07, 6.45) is 0. The third-order valence-corrected chi connectivity index (χ3v) is 8.03. The van der Waals surface area contributed by atoms with Crippen LogP contribution in [0.3, 0.4) is 0 Å². The number of amides is 3. The van der Waals surface area contributed by atoms with Crippen molar-refractivity contribution in [1.82, 2.24) is 14.6 Å². The van der Waals surface area contributed by atoms with Crippen LogP contribution in [0.4, 0.5) is 20.6 Å². The number of hydrogen-bond acceptors (Lipinski definition) is 8. The number of halogens is 2. The van der Waals surface area contributed by atoms with Crippen LogP contribution in [-0.2, 0) is 4.79 Å². The number of carbonyl (C=O) groups excluding carboxylic acids is 2. The lowest BCUT2D eigenvalue weighted by molar-refractivity contribution is -0.132. The van der Waals surface area contributed by atoms with Gasteiger partial charge >= 0.3 is 6.03 Å². The van der Waals surface area contributed by atoms with E-state index in [9.17, 15) is 18.8 Å². The van der Waals surface area contributed by atoms with Crippen LogP contribution >= 0.6 is 11.6 Å². The van der Waals surface area contributed by atoms with Crippen LogP contribution in [0.5, 0.6) is 11.5 Å². The number of hydrogen-bond donors (Lipinski definition) is 2. The summed E-state index contributed by atoms with van der Waals surface area (Å²) in [6.45, 7) is 4.64. The summed E-state index contributed by atoms with van der Waals surface area (Å²) in [5, 5.41) is 5.28. The number of piperazine rings is 1. The zero-order valence-electron chi connectivity index (χ0n) is 25.9. The molecule has 5 rings (SSSR count). The number of urea groups is 1. The molecule has 14 heteroatoms. The van der Waals surface area contributed by atoms with Gasteiger partial charge in [0, 0.05) is 31.3 Å². The van der Waals surface area contributed by atoms with E-state index in [0.29, 0.717) is 65.0 Å². The van der Waals surface area contributed by atoms with Gasteiger partial charge in [-0.15, -0.1) is 0 Å². The number of nitrogens with one attached hydrogen (secondary N) is 1. The van der Waals surface area contributed by atoms with Crippen molar-refractivity contribution in [3.63, 3.8) is 0 Å². The molecule has 12 nitrogen and oxygen atoms in total. The van der Waals surface area contributed by atoms with Crippen molar-refractivity contribution in [2.45, 2.75) is 25.9 Å². The van der Waals surface area contributed by atoms with Crippen LogP contribution in [0.15, 0.2) is 65.5 Å². The van der Waals surface area contributed by atoms with Gasteiger partial charge in [-0.1, -0.05) is 11.6 Å². The van der Waals surface area contributed by atoms with Crippen molar-refractivity contribution < 1.29 is 24.9 Å². The van der Waals surface area contributed by atoms with Crippen molar-refractivity contribution in [3.05, 3.63) is 87.7 Å². The average Bonchev–Trinajstić information content (AvgIpc) is 3.05. The molecule has 46 heavy (non-hydrogen) atoms. The van der Waals surface area contributed by atoms with Crippen LogP contribution in [0.25, 0.3) is 10.9 Å². The van der Waals surface area contributed by atoms with Crippen molar-refractivity contribution in [2.24, 2.45) is 5.73 Å². The molecule has 1 aliphatic heterocycles. The number of nitrogens with two attached hydrogens (primary N) is 1. The summed E-state index contributed by atoms with van der Waals surface area (Å²) in [5.41, 5.74) is 6.55. The van der Waals surface area contributed by atoms with E-state index in [1.54, 1.807) is 60.2 Å². The Morgan fingerprint density at radius 1 is 1.02 bits per heavy atom. The zero-order chi connectivity index (χ0) is 33.1.